The van der Waals surface area contributed by atoms with Gasteiger partial charge in [0.25, 0.3) is 0 Å². The molecule has 0 aliphatic carbocycles. The molecule has 5 heteroatoms. The molecule has 1 aromatic heterocycles. The van der Waals surface area contributed by atoms with Crippen LogP contribution < -0.4 is 10.1 Å². The number of anilines is 1. The molecule has 0 saturated heterocycles. The Hall–Kier alpha value is -1.85. The van der Waals surface area contributed by atoms with E-state index in [0.717, 1.165) is 12.8 Å². The SMILES string of the molecule is CCOc1ccc(NC(=O)CCCc2ccc(C)s2)cc1CO. The Morgan fingerprint density at radius 2 is 2.13 bits per heavy atom. The molecule has 1 heterocycles. The number of thiophene rings is 1. The molecule has 0 fully saturated rings. The number of carbonyl (C=O) groups is 1. The molecular weight excluding hydrogens is 310 g/mol. The summed E-state index contributed by atoms with van der Waals surface area (Å²) >= 11 is 1.78. The van der Waals surface area contributed by atoms with Crippen LogP contribution in [0.2, 0.25) is 0 Å². The highest BCUT2D eigenvalue weighted by molar-refractivity contribution is 7.11. The Kier molecular flexibility index (Phi) is 6.62. The van der Waals surface area contributed by atoms with Crippen LogP contribution in [0.3, 0.4) is 0 Å². The predicted octanol–water partition coefficient (Wildman–Crippen LogP) is 3.91. The number of hydrogen-bond donors (Lipinski definition) is 2. The number of amides is 1. The highest BCUT2D eigenvalue weighted by Gasteiger charge is 2.07. The van der Waals surface area contributed by atoms with Gasteiger partial charge in [-0.15, -0.1) is 11.3 Å². The van der Waals surface area contributed by atoms with Crippen molar-refractivity contribution >= 4 is 22.9 Å². The fourth-order valence-electron chi connectivity index (χ4n) is 2.34. The lowest BCUT2D eigenvalue weighted by Gasteiger charge is -2.11. The van der Waals surface area contributed by atoms with E-state index in [0.29, 0.717) is 30.0 Å². The van der Waals surface area contributed by atoms with E-state index in [-0.39, 0.29) is 12.5 Å². The van der Waals surface area contributed by atoms with Crippen LogP contribution in [0.25, 0.3) is 0 Å². The van der Waals surface area contributed by atoms with Gasteiger partial charge in [0.05, 0.1) is 13.2 Å². The minimum Gasteiger partial charge on any atom is -0.494 e. The maximum atomic E-state index is 12.0. The number of hydrogen-bond acceptors (Lipinski definition) is 4. The van der Waals surface area contributed by atoms with E-state index in [9.17, 15) is 9.90 Å². The van der Waals surface area contributed by atoms with Crippen molar-refractivity contribution in [1.82, 2.24) is 0 Å². The molecule has 124 valence electrons. The van der Waals surface area contributed by atoms with E-state index in [1.165, 1.54) is 9.75 Å². The van der Waals surface area contributed by atoms with Gasteiger partial charge in [-0.2, -0.15) is 0 Å². The highest BCUT2D eigenvalue weighted by atomic mass is 32.1. The number of aliphatic hydroxyl groups is 1. The molecule has 0 spiro atoms. The minimum absolute atomic E-state index is 0.00803. The average Bonchev–Trinajstić information content (AvgIpc) is 2.94. The first-order chi connectivity index (χ1) is 11.1. The van der Waals surface area contributed by atoms with Gasteiger partial charge in [-0.1, -0.05) is 0 Å². The number of benzene rings is 1. The first-order valence-corrected chi connectivity index (χ1v) is 8.65. The van der Waals surface area contributed by atoms with Crippen molar-refractivity contribution < 1.29 is 14.6 Å². The first-order valence-electron chi connectivity index (χ1n) is 7.84. The van der Waals surface area contributed by atoms with Gasteiger partial charge in [0, 0.05) is 27.4 Å². The molecule has 0 unspecified atom stereocenters. The smallest absolute Gasteiger partial charge is 0.224 e. The van der Waals surface area contributed by atoms with Gasteiger partial charge < -0.3 is 15.2 Å². The normalized spacial score (nSPS) is 10.6. The predicted molar refractivity (Wildman–Crippen MR) is 94.2 cm³/mol. The first kappa shape index (κ1) is 17.5. The molecule has 2 N–H and O–H groups in total. The maximum Gasteiger partial charge on any atom is 0.224 e. The summed E-state index contributed by atoms with van der Waals surface area (Å²) in [6.45, 7) is 4.41. The molecule has 0 atom stereocenters. The summed E-state index contributed by atoms with van der Waals surface area (Å²) in [6, 6.07) is 9.56. The number of aryl methyl sites for hydroxylation is 2. The monoisotopic (exact) mass is 333 g/mol. The van der Waals surface area contributed by atoms with Gasteiger partial charge in [0.1, 0.15) is 5.75 Å². The molecule has 1 amide bonds. The molecule has 0 aliphatic heterocycles. The second kappa shape index (κ2) is 8.70. The van der Waals surface area contributed by atoms with E-state index in [4.69, 9.17) is 4.74 Å². The number of carbonyl (C=O) groups excluding carboxylic acids is 1. The van der Waals surface area contributed by atoms with Crippen molar-refractivity contribution in [2.45, 2.75) is 39.7 Å². The van der Waals surface area contributed by atoms with E-state index in [2.05, 4.69) is 24.4 Å². The summed E-state index contributed by atoms with van der Waals surface area (Å²) in [5.74, 6) is 0.646. The molecule has 0 radical (unpaired) electrons. The third-order valence-electron chi connectivity index (χ3n) is 3.44. The lowest BCUT2D eigenvalue weighted by atomic mass is 10.1. The van der Waals surface area contributed by atoms with E-state index in [1.807, 2.05) is 6.92 Å². The van der Waals surface area contributed by atoms with Crippen LogP contribution >= 0.6 is 11.3 Å². The van der Waals surface area contributed by atoms with Crippen LogP contribution in [-0.2, 0) is 17.8 Å². The van der Waals surface area contributed by atoms with Crippen molar-refractivity contribution in [3.05, 3.63) is 45.6 Å². The van der Waals surface area contributed by atoms with E-state index >= 15 is 0 Å². The maximum absolute atomic E-state index is 12.0. The second-order valence-corrected chi connectivity index (χ2v) is 6.70. The molecule has 2 aromatic rings. The standard InChI is InChI=1S/C18H23NO3S/c1-3-22-17-10-8-15(11-14(17)12-20)19-18(21)6-4-5-16-9-7-13(2)23-16/h7-11,20H,3-6,12H2,1-2H3,(H,19,21). The Labute approximate surface area is 141 Å². The molecule has 0 saturated carbocycles. The van der Waals surface area contributed by atoms with Crippen LogP contribution in [0, 0.1) is 6.92 Å². The summed E-state index contributed by atoms with van der Waals surface area (Å²) < 4.78 is 5.43. The Morgan fingerprint density at radius 1 is 1.30 bits per heavy atom. The molecule has 1 aromatic carbocycles. The summed E-state index contributed by atoms with van der Waals surface area (Å²) in [5, 5.41) is 12.3. The zero-order valence-electron chi connectivity index (χ0n) is 13.6. The Morgan fingerprint density at radius 3 is 2.78 bits per heavy atom. The zero-order valence-corrected chi connectivity index (χ0v) is 14.4. The van der Waals surface area contributed by atoms with Crippen molar-refractivity contribution in [2.75, 3.05) is 11.9 Å². The van der Waals surface area contributed by atoms with Gasteiger partial charge >= 0.3 is 0 Å². The number of rotatable bonds is 8. The van der Waals surface area contributed by atoms with E-state index < -0.39 is 0 Å². The molecule has 4 nitrogen and oxygen atoms in total. The zero-order chi connectivity index (χ0) is 16.7. The van der Waals surface area contributed by atoms with Crippen LogP contribution in [0.15, 0.2) is 30.3 Å². The quantitative estimate of drug-likeness (QED) is 0.770. The molecule has 23 heavy (non-hydrogen) atoms. The molecule has 2 rings (SSSR count). The Bertz CT molecular complexity index is 651. The number of nitrogens with one attached hydrogen (secondary N) is 1. The summed E-state index contributed by atoms with van der Waals surface area (Å²) in [5.41, 5.74) is 1.37. The third-order valence-corrected chi connectivity index (χ3v) is 4.50. The van der Waals surface area contributed by atoms with Gasteiger partial charge in [0.15, 0.2) is 0 Å². The Balaban J connectivity index is 1.84. The summed E-state index contributed by atoms with van der Waals surface area (Å²) in [6.07, 6.45) is 2.24. The second-order valence-electron chi connectivity index (χ2n) is 5.33. The van der Waals surface area contributed by atoms with Crippen molar-refractivity contribution in [2.24, 2.45) is 0 Å². The fourth-order valence-corrected chi connectivity index (χ4v) is 3.28. The van der Waals surface area contributed by atoms with Crippen molar-refractivity contribution in [3.63, 3.8) is 0 Å². The van der Waals surface area contributed by atoms with E-state index in [1.54, 1.807) is 29.5 Å². The third kappa shape index (κ3) is 5.37. The van der Waals surface area contributed by atoms with Gasteiger partial charge in [-0.3, -0.25) is 4.79 Å². The van der Waals surface area contributed by atoms with Crippen LogP contribution in [-0.4, -0.2) is 17.6 Å². The largest absolute Gasteiger partial charge is 0.494 e. The number of aliphatic hydroxyl groups excluding tert-OH is 1. The lowest BCUT2D eigenvalue weighted by Crippen LogP contribution is -2.12. The van der Waals surface area contributed by atoms with Gasteiger partial charge in [-0.05, 0) is 57.0 Å². The van der Waals surface area contributed by atoms with Crippen molar-refractivity contribution in [3.8, 4) is 5.75 Å². The number of ether oxygens (including phenoxy) is 1. The minimum atomic E-state index is -0.114. The van der Waals surface area contributed by atoms with Crippen LogP contribution in [0.4, 0.5) is 5.69 Å². The van der Waals surface area contributed by atoms with Gasteiger partial charge in [-0.25, -0.2) is 0 Å². The molecule has 0 bridgehead atoms. The van der Waals surface area contributed by atoms with Crippen molar-refractivity contribution in [1.29, 1.82) is 0 Å². The summed E-state index contributed by atoms with van der Waals surface area (Å²) in [4.78, 5) is 14.6. The molecular formula is C18H23NO3S. The van der Waals surface area contributed by atoms with Crippen LogP contribution in [0.1, 0.15) is 35.1 Å². The average molecular weight is 333 g/mol. The fraction of sp³-hybridized carbons (Fsp3) is 0.389. The lowest BCUT2D eigenvalue weighted by molar-refractivity contribution is -0.116. The molecule has 0 aliphatic rings. The summed E-state index contributed by atoms with van der Waals surface area (Å²) in [7, 11) is 0. The highest BCUT2D eigenvalue weighted by Crippen LogP contribution is 2.23. The topological polar surface area (TPSA) is 58.6 Å². The van der Waals surface area contributed by atoms with Gasteiger partial charge in [0.2, 0.25) is 5.91 Å². The van der Waals surface area contributed by atoms with Crippen LogP contribution in [0.5, 0.6) is 5.75 Å².